The average Bonchev–Trinajstić information content (AvgIpc) is 3.04. The van der Waals surface area contributed by atoms with Crippen LogP contribution >= 0.6 is 7.82 Å². The molecule has 12 heteroatoms. The topological polar surface area (TPSA) is 105 Å². The third kappa shape index (κ3) is 6.52. The number of hydrogen-bond acceptors (Lipinski definition) is 9. The normalized spacial score (nSPS) is 39.1. The van der Waals surface area contributed by atoms with Crippen molar-refractivity contribution in [2.75, 3.05) is 27.4 Å². The van der Waals surface area contributed by atoms with Crippen molar-refractivity contribution in [3.8, 4) is 0 Å². The van der Waals surface area contributed by atoms with Crippen LogP contribution in [0.25, 0.3) is 0 Å². The predicted molar refractivity (Wildman–Crippen MR) is 94.6 cm³/mol. The van der Waals surface area contributed by atoms with E-state index in [1.54, 1.807) is 0 Å². The molecule has 0 amide bonds. The summed E-state index contributed by atoms with van der Waals surface area (Å²) in [6.45, 7) is 3.93. The smallest absolute Gasteiger partial charge is 0.268 e. The first-order chi connectivity index (χ1) is 12.7. The third-order valence-corrected chi connectivity index (χ3v) is 5.32. The fourth-order valence-electron chi connectivity index (χ4n) is 3.08. The van der Waals surface area contributed by atoms with Gasteiger partial charge in [0.15, 0.2) is 0 Å². The Morgan fingerprint density at radius 1 is 1.11 bits per heavy atom. The molecule has 0 spiro atoms. The molecule has 2 aliphatic rings. The lowest BCUT2D eigenvalue weighted by molar-refractivity contribution is -0.240. The van der Waals surface area contributed by atoms with Gasteiger partial charge in [-0.1, -0.05) is 0 Å². The number of phosphoric ester groups is 1. The van der Waals surface area contributed by atoms with E-state index in [1.807, 2.05) is 13.8 Å². The van der Waals surface area contributed by atoms with E-state index >= 15 is 0 Å². The van der Waals surface area contributed by atoms with E-state index in [9.17, 15) is 9.46 Å². The molecular formula is C15H26B2O9P-. The molecule has 0 aromatic rings. The summed E-state index contributed by atoms with van der Waals surface area (Å²) in [4.78, 5) is 12.5. The Hall–Kier alpha value is 0.0399. The molecule has 2 saturated heterocycles. The SMILES string of the molecule is [B]C1CC(OP(=O)([O-])O[C@@H]2C(COC(C)C)OC([B])C2OC)C(COC)O1. The molecule has 27 heavy (non-hydrogen) atoms. The second kappa shape index (κ2) is 10.2. The minimum atomic E-state index is -4.75. The van der Waals surface area contributed by atoms with Crippen LogP contribution in [0, 0.1) is 0 Å². The zero-order valence-electron chi connectivity index (χ0n) is 16.0. The molecule has 0 aliphatic carbocycles. The van der Waals surface area contributed by atoms with Gasteiger partial charge in [-0.05, 0) is 20.3 Å². The molecule has 0 N–H and O–H groups in total. The van der Waals surface area contributed by atoms with Gasteiger partial charge < -0.3 is 37.6 Å². The van der Waals surface area contributed by atoms with Gasteiger partial charge in [-0.25, -0.2) is 0 Å². The van der Waals surface area contributed by atoms with Crippen LogP contribution in [0.3, 0.4) is 0 Å². The quantitative estimate of drug-likeness (QED) is 0.352. The van der Waals surface area contributed by atoms with Gasteiger partial charge in [0.1, 0.15) is 40.1 Å². The van der Waals surface area contributed by atoms with E-state index in [4.69, 9.17) is 48.4 Å². The largest absolute Gasteiger partial charge is 0.756 e. The molecule has 4 radical (unpaired) electrons. The maximum atomic E-state index is 12.5. The van der Waals surface area contributed by atoms with E-state index in [-0.39, 0.29) is 25.7 Å². The Morgan fingerprint density at radius 2 is 1.81 bits per heavy atom. The summed E-state index contributed by atoms with van der Waals surface area (Å²) in [5.74, 6) is 0. The van der Waals surface area contributed by atoms with Crippen molar-refractivity contribution in [1.82, 2.24) is 0 Å². The molecule has 7 unspecified atom stereocenters. The van der Waals surface area contributed by atoms with Crippen molar-refractivity contribution < 1.29 is 42.2 Å². The molecule has 2 fully saturated rings. The highest BCUT2D eigenvalue weighted by Crippen LogP contribution is 2.47. The zero-order chi connectivity index (χ0) is 20.2. The van der Waals surface area contributed by atoms with Gasteiger partial charge in [-0.2, -0.15) is 0 Å². The van der Waals surface area contributed by atoms with Crippen LogP contribution in [0.5, 0.6) is 0 Å². The first kappa shape index (κ1) is 23.3. The summed E-state index contributed by atoms with van der Waals surface area (Å²) < 4.78 is 49.7. The van der Waals surface area contributed by atoms with Gasteiger partial charge in [0.25, 0.3) is 7.82 Å². The Labute approximate surface area is 162 Å². The van der Waals surface area contributed by atoms with Crippen molar-refractivity contribution in [1.29, 1.82) is 0 Å². The maximum Gasteiger partial charge on any atom is 0.268 e. The molecule has 2 aliphatic heterocycles. The number of ether oxygens (including phenoxy) is 5. The lowest BCUT2D eigenvalue weighted by Gasteiger charge is -2.33. The van der Waals surface area contributed by atoms with Crippen molar-refractivity contribution in [2.45, 2.75) is 68.9 Å². The minimum absolute atomic E-state index is 0.0747. The first-order valence-corrected chi connectivity index (χ1v) is 10.3. The van der Waals surface area contributed by atoms with Gasteiger partial charge >= 0.3 is 0 Å². The molecule has 0 saturated carbocycles. The standard InChI is InChI=1S/C15H27B2O9P/c1-8(2)22-7-11-13(14(21-4)15(17)24-11)26-27(18,19)25-9-5-12(16)23-10(9)6-20-3/h8-15H,5-7H2,1-4H3,(H,18,19)/p-1/t9?,10?,11?,12?,13-,14?,15?/m1/s1. The number of phosphoric acid groups is 1. The Kier molecular flexibility index (Phi) is 8.80. The first-order valence-electron chi connectivity index (χ1n) is 8.80. The molecular weight excluding hydrogens is 377 g/mol. The summed E-state index contributed by atoms with van der Waals surface area (Å²) in [5, 5.41) is 0. The van der Waals surface area contributed by atoms with Crippen molar-refractivity contribution in [2.24, 2.45) is 0 Å². The van der Waals surface area contributed by atoms with Crippen molar-refractivity contribution in [3.63, 3.8) is 0 Å². The van der Waals surface area contributed by atoms with Crippen LogP contribution in [0.2, 0.25) is 0 Å². The van der Waals surface area contributed by atoms with E-state index in [0.29, 0.717) is 0 Å². The van der Waals surface area contributed by atoms with Crippen molar-refractivity contribution in [3.05, 3.63) is 0 Å². The molecule has 0 bridgehead atoms. The number of hydrogen-bond donors (Lipinski definition) is 0. The summed E-state index contributed by atoms with van der Waals surface area (Å²) in [6, 6.07) is -1.50. The fourth-order valence-corrected chi connectivity index (χ4v) is 4.24. The van der Waals surface area contributed by atoms with Crippen LogP contribution in [0.4, 0.5) is 0 Å². The second-order valence-corrected chi connectivity index (χ2v) is 8.10. The third-order valence-electron chi connectivity index (χ3n) is 4.29. The molecule has 0 aromatic carbocycles. The monoisotopic (exact) mass is 403 g/mol. The summed E-state index contributed by atoms with van der Waals surface area (Å²) in [6.07, 6.45) is -3.85. The van der Waals surface area contributed by atoms with Gasteiger partial charge in [0, 0.05) is 26.2 Å². The predicted octanol–water partition coefficient (Wildman–Crippen LogP) is -0.511. The molecule has 9 nitrogen and oxygen atoms in total. The van der Waals surface area contributed by atoms with Crippen LogP contribution in [-0.4, -0.2) is 91.8 Å². The van der Waals surface area contributed by atoms with Gasteiger partial charge in [-0.15, -0.1) is 0 Å². The highest BCUT2D eigenvalue weighted by Gasteiger charge is 2.46. The van der Waals surface area contributed by atoms with E-state index < -0.39 is 50.3 Å². The lowest BCUT2D eigenvalue weighted by Crippen LogP contribution is -2.40. The summed E-state index contributed by atoms with van der Waals surface area (Å²) in [7, 11) is 9.70. The average molecular weight is 403 g/mol. The fraction of sp³-hybridized carbons (Fsp3) is 1.00. The van der Waals surface area contributed by atoms with Gasteiger partial charge in [0.2, 0.25) is 0 Å². The summed E-state index contributed by atoms with van der Waals surface area (Å²) >= 11 is 0. The highest BCUT2D eigenvalue weighted by atomic mass is 31.2. The Balaban J connectivity index is 2.04. The number of rotatable bonds is 10. The van der Waals surface area contributed by atoms with E-state index in [2.05, 4.69) is 0 Å². The van der Waals surface area contributed by atoms with Crippen LogP contribution in [0.15, 0.2) is 0 Å². The Morgan fingerprint density at radius 3 is 2.41 bits per heavy atom. The van der Waals surface area contributed by atoms with Crippen LogP contribution in [0.1, 0.15) is 20.3 Å². The highest BCUT2D eigenvalue weighted by molar-refractivity contribution is 7.45. The lowest BCUT2D eigenvalue weighted by atomic mass is 9.93. The van der Waals surface area contributed by atoms with Crippen molar-refractivity contribution >= 4 is 23.5 Å². The van der Waals surface area contributed by atoms with Gasteiger partial charge in [0.05, 0.1) is 25.4 Å². The second-order valence-electron chi connectivity index (χ2n) is 6.79. The minimum Gasteiger partial charge on any atom is -0.756 e. The number of methoxy groups -OCH3 is 2. The molecule has 2 heterocycles. The molecule has 152 valence electrons. The zero-order valence-corrected chi connectivity index (χ0v) is 16.9. The van der Waals surface area contributed by atoms with Crippen LogP contribution < -0.4 is 4.89 Å². The molecule has 0 aromatic heterocycles. The van der Waals surface area contributed by atoms with E-state index in [1.165, 1.54) is 14.2 Å². The maximum absolute atomic E-state index is 12.5. The molecule has 8 atom stereocenters. The Bertz CT molecular complexity index is 512. The molecule has 2 rings (SSSR count). The van der Waals surface area contributed by atoms with E-state index in [0.717, 1.165) is 0 Å². The van der Waals surface area contributed by atoms with Gasteiger partial charge in [-0.3, -0.25) is 4.57 Å². The van der Waals surface area contributed by atoms with Crippen LogP contribution in [-0.2, 0) is 37.3 Å². The summed E-state index contributed by atoms with van der Waals surface area (Å²) in [5.41, 5.74) is 0.